The van der Waals surface area contributed by atoms with Crippen molar-refractivity contribution in [3.8, 4) is 0 Å². The molecule has 1 saturated heterocycles. The zero-order chi connectivity index (χ0) is 26.2. The molecule has 1 spiro atoms. The lowest BCUT2D eigenvalue weighted by molar-refractivity contribution is -0.160. The number of halogens is 2. The van der Waals surface area contributed by atoms with Gasteiger partial charge in [-0.25, -0.2) is 4.98 Å². The fourth-order valence-electron chi connectivity index (χ4n) is 5.76. The molecule has 37 heavy (non-hydrogen) atoms. The molecule has 8 nitrogen and oxygen atoms in total. The molecule has 5 rings (SSSR count). The minimum absolute atomic E-state index is 0.00663. The Kier molecular flexibility index (Phi) is 7.32. The third-order valence-corrected chi connectivity index (χ3v) is 8.10. The molecule has 10 heteroatoms. The van der Waals surface area contributed by atoms with Gasteiger partial charge in [0.15, 0.2) is 0 Å². The van der Waals surface area contributed by atoms with E-state index in [1.807, 2.05) is 11.0 Å². The third kappa shape index (κ3) is 5.85. The Morgan fingerprint density at radius 2 is 1.89 bits per heavy atom. The van der Waals surface area contributed by atoms with Crippen LogP contribution in [-0.2, 0) is 27.2 Å². The number of rotatable bonds is 8. The molecule has 1 aliphatic carbocycles. The molecule has 1 aromatic carbocycles. The number of nitrogens with one attached hydrogen (secondary N) is 2. The number of amides is 2. The van der Waals surface area contributed by atoms with Gasteiger partial charge in [-0.3, -0.25) is 14.4 Å². The van der Waals surface area contributed by atoms with Gasteiger partial charge in [0, 0.05) is 53.1 Å². The normalized spacial score (nSPS) is 18.7. The van der Waals surface area contributed by atoms with Crippen LogP contribution in [0.25, 0.3) is 0 Å². The first kappa shape index (κ1) is 25.8. The average Bonchev–Trinajstić information content (AvgIpc) is 2.79. The number of carboxylic acid groups (broad SMARTS) is 1. The average molecular weight is 545 g/mol. The summed E-state index contributed by atoms with van der Waals surface area (Å²) in [5.41, 5.74) is 2.72. The van der Waals surface area contributed by atoms with Gasteiger partial charge in [0.25, 0.3) is 0 Å². The molecule has 3 heterocycles. The van der Waals surface area contributed by atoms with Crippen LogP contribution >= 0.6 is 23.2 Å². The number of carbonyl (C=O) groups is 3. The number of aliphatic carboxylic acids is 1. The molecule has 0 bridgehead atoms. The maximum atomic E-state index is 12.9. The van der Waals surface area contributed by atoms with E-state index in [9.17, 15) is 19.5 Å². The van der Waals surface area contributed by atoms with E-state index in [1.165, 1.54) is 5.56 Å². The predicted molar refractivity (Wildman–Crippen MR) is 141 cm³/mol. The topological polar surface area (TPSA) is 112 Å². The molecule has 2 amide bonds. The highest BCUT2D eigenvalue weighted by molar-refractivity contribution is 6.34. The summed E-state index contributed by atoms with van der Waals surface area (Å²) in [6.07, 6.45) is 4.31. The smallest absolute Gasteiger partial charge is 0.305 e. The van der Waals surface area contributed by atoms with Crippen LogP contribution in [0.2, 0.25) is 10.0 Å². The summed E-state index contributed by atoms with van der Waals surface area (Å²) >= 11 is 12.1. The first-order valence-electron chi connectivity index (χ1n) is 12.7. The summed E-state index contributed by atoms with van der Waals surface area (Å²) in [7, 11) is 0. The van der Waals surface area contributed by atoms with E-state index >= 15 is 0 Å². The fourth-order valence-corrected chi connectivity index (χ4v) is 6.31. The van der Waals surface area contributed by atoms with E-state index in [0.717, 1.165) is 30.9 Å². The molecule has 2 fully saturated rings. The second kappa shape index (κ2) is 10.5. The fraction of sp³-hybridized carbons (Fsp3) is 0.481. The quantitative estimate of drug-likeness (QED) is 0.458. The van der Waals surface area contributed by atoms with Crippen LogP contribution in [0.4, 0.5) is 5.82 Å². The van der Waals surface area contributed by atoms with Crippen molar-refractivity contribution in [2.24, 2.45) is 11.3 Å². The summed E-state index contributed by atoms with van der Waals surface area (Å²) in [6, 6.07) is 8.20. The van der Waals surface area contributed by atoms with Gasteiger partial charge in [0.2, 0.25) is 11.8 Å². The van der Waals surface area contributed by atoms with Gasteiger partial charge in [-0.05, 0) is 67.5 Å². The minimum atomic E-state index is -1.03. The lowest BCUT2D eigenvalue weighted by Crippen LogP contribution is -2.65. The second-order valence-corrected chi connectivity index (χ2v) is 11.4. The Morgan fingerprint density at radius 3 is 2.59 bits per heavy atom. The van der Waals surface area contributed by atoms with Crippen LogP contribution in [0.3, 0.4) is 0 Å². The van der Waals surface area contributed by atoms with Gasteiger partial charge in [-0.1, -0.05) is 29.3 Å². The van der Waals surface area contributed by atoms with Gasteiger partial charge in [0.05, 0.1) is 12.5 Å². The maximum absolute atomic E-state index is 12.9. The van der Waals surface area contributed by atoms with Crippen LogP contribution in [0, 0.1) is 11.3 Å². The van der Waals surface area contributed by atoms with E-state index in [0.29, 0.717) is 54.4 Å². The van der Waals surface area contributed by atoms with Gasteiger partial charge >= 0.3 is 5.97 Å². The van der Waals surface area contributed by atoms with Crippen LogP contribution < -0.4 is 10.6 Å². The van der Waals surface area contributed by atoms with Crippen LogP contribution in [0.1, 0.15) is 55.0 Å². The number of aromatic nitrogens is 1. The molecule has 1 aromatic heterocycles. The van der Waals surface area contributed by atoms with Gasteiger partial charge in [0.1, 0.15) is 5.82 Å². The van der Waals surface area contributed by atoms with Crippen LogP contribution in [0.5, 0.6) is 0 Å². The molecule has 1 saturated carbocycles. The third-order valence-electron chi connectivity index (χ3n) is 7.66. The van der Waals surface area contributed by atoms with Gasteiger partial charge < -0.3 is 20.6 Å². The van der Waals surface area contributed by atoms with Crippen molar-refractivity contribution >= 4 is 46.8 Å². The van der Waals surface area contributed by atoms with Gasteiger partial charge in [-0.15, -0.1) is 0 Å². The highest BCUT2D eigenvalue weighted by Crippen LogP contribution is 2.52. The molecule has 0 radical (unpaired) electrons. The number of fused-ring (bicyclic) bond motifs is 1. The molecule has 1 unspecified atom stereocenters. The molecule has 2 aliphatic heterocycles. The van der Waals surface area contributed by atoms with E-state index in [-0.39, 0.29) is 29.6 Å². The SMILES string of the molecule is O=C(O)CC(NC(=O)C1CC2(C1)CN(C(=O)CCc1ccc3c(n1)NCCC3)C2)c1cc(Cl)cc(Cl)c1. The van der Waals surface area contributed by atoms with Crippen molar-refractivity contribution in [3.05, 3.63) is 57.2 Å². The van der Waals surface area contributed by atoms with Crippen molar-refractivity contribution in [1.82, 2.24) is 15.2 Å². The maximum Gasteiger partial charge on any atom is 0.305 e. The van der Waals surface area contributed by atoms with E-state index in [1.54, 1.807) is 18.2 Å². The van der Waals surface area contributed by atoms with Crippen LogP contribution in [-0.4, -0.2) is 52.4 Å². The molecule has 2 aromatic rings. The Hall–Kier alpha value is -2.84. The molecule has 3 aliphatic rings. The number of likely N-dealkylation sites (tertiary alicyclic amines) is 1. The molecular weight excluding hydrogens is 515 g/mol. The van der Waals surface area contributed by atoms with Crippen LogP contribution in [0.15, 0.2) is 30.3 Å². The zero-order valence-electron chi connectivity index (χ0n) is 20.4. The molecule has 1 atom stereocenters. The number of carboxylic acids is 1. The number of hydrogen-bond acceptors (Lipinski definition) is 5. The van der Waals surface area contributed by atoms with E-state index in [2.05, 4.69) is 21.7 Å². The Morgan fingerprint density at radius 1 is 1.16 bits per heavy atom. The number of benzene rings is 1. The predicted octanol–water partition coefficient (Wildman–Crippen LogP) is 4.25. The lowest BCUT2D eigenvalue weighted by atomic mass is 9.57. The summed E-state index contributed by atoms with van der Waals surface area (Å²) in [4.78, 5) is 43.5. The number of aryl methyl sites for hydroxylation is 2. The Labute approximate surface area is 225 Å². The Balaban J connectivity index is 1.09. The number of hydrogen-bond donors (Lipinski definition) is 3. The van der Waals surface area contributed by atoms with Crippen molar-refractivity contribution in [1.29, 1.82) is 0 Å². The number of anilines is 1. The zero-order valence-corrected chi connectivity index (χ0v) is 21.9. The van der Waals surface area contributed by atoms with Crippen molar-refractivity contribution in [2.75, 3.05) is 25.0 Å². The standard InChI is InChI=1S/C27H30Cl2N4O4/c28-19-8-17(9-20(29)10-19)22(11-24(35)36)32-26(37)18-12-27(13-18)14-33(15-27)23(34)6-5-21-4-3-16-2-1-7-30-25(16)31-21/h3-4,8-10,18,22H,1-2,5-7,11-15H2,(H,30,31)(H,32,37)(H,35,36). The molecule has 196 valence electrons. The number of pyridine rings is 1. The van der Waals surface area contributed by atoms with Crippen molar-refractivity contribution in [2.45, 2.75) is 51.0 Å². The number of carbonyl (C=O) groups excluding carboxylic acids is 2. The summed E-state index contributed by atoms with van der Waals surface area (Å²) in [5, 5.41) is 16.3. The van der Waals surface area contributed by atoms with E-state index < -0.39 is 12.0 Å². The lowest BCUT2D eigenvalue weighted by Gasteiger charge is -2.58. The van der Waals surface area contributed by atoms with Crippen molar-refractivity contribution in [3.63, 3.8) is 0 Å². The van der Waals surface area contributed by atoms with Crippen molar-refractivity contribution < 1.29 is 19.5 Å². The highest BCUT2D eigenvalue weighted by Gasteiger charge is 2.55. The van der Waals surface area contributed by atoms with Gasteiger partial charge in [-0.2, -0.15) is 0 Å². The summed E-state index contributed by atoms with van der Waals surface area (Å²) in [5.74, 6) is -0.339. The largest absolute Gasteiger partial charge is 0.481 e. The number of nitrogens with zero attached hydrogens (tertiary/aromatic N) is 2. The molecular formula is C27H30Cl2N4O4. The first-order valence-corrected chi connectivity index (χ1v) is 13.4. The Bertz CT molecular complexity index is 1200. The minimum Gasteiger partial charge on any atom is -0.481 e. The first-order chi connectivity index (χ1) is 17.7. The monoisotopic (exact) mass is 544 g/mol. The summed E-state index contributed by atoms with van der Waals surface area (Å²) in [6.45, 7) is 2.26. The van der Waals surface area contributed by atoms with E-state index in [4.69, 9.17) is 23.2 Å². The second-order valence-electron chi connectivity index (χ2n) is 10.6. The molecule has 3 N–H and O–H groups in total. The highest BCUT2D eigenvalue weighted by atomic mass is 35.5. The summed E-state index contributed by atoms with van der Waals surface area (Å²) < 4.78 is 0.